The number of fused-ring (bicyclic) bond motifs is 1. The average Bonchev–Trinajstić information content (AvgIpc) is 2.84. The summed E-state index contributed by atoms with van der Waals surface area (Å²) in [4.78, 5) is 25.8. The average molecular weight is 298 g/mol. The van der Waals surface area contributed by atoms with Crippen LogP contribution < -0.4 is 0 Å². The van der Waals surface area contributed by atoms with Crippen LogP contribution >= 0.6 is 0 Å². The van der Waals surface area contributed by atoms with Gasteiger partial charge < -0.3 is 9.47 Å². The fourth-order valence-electron chi connectivity index (χ4n) is 3.61. The van der Waals surface area contributed by atoms with E-state index in [-0.39, 0.29) is 5.91 Å². The van der Waals surface area contributed by atoms with Crippen LogP contribution in [0.5, 0.6) is 0 Å². The van der Waals surface area contributed by atoms with Crippen LogP contribution in [-0.4, -0.2) is 34.7 Å². The number of carbonyl (C=O) groups is 2. The molecule has 0 radical (unpaired) electrons. The fraction of sp³-hybridized carbons (Fsp3) is 0.444. The number of rotatable bonds is 3. The number of likely N-dealkylation sites (tertiary alicyclic amines) is 1. The van der Waals surface area contributed by atoms with Gasteiger partial charge in [0.1, 0.15) is 6.54 Å². The van der Waals surface area contributed by atoms with Crippen LogP contribution in [0, 0.1) is 11.8 Å². The second kappa shape index (κ2) is 5.95. The molecule has 1 amide bonds. The van der Waals surface area contributed by atoms with Crippen LogP contribution in [0.3, 0.4) is 0 Å². The van der Waals surface area contributed by atoms with Crippen LogP contribution in [0.1, 0.15) is 30.6 Å². The molecule has 22 heavy (non-hydrogen) atoms. The summed E-state index contributed by atoms with van der Waals surface area (Å²) in [5.41, 5.74) is 1.58. The van der Waals surface area contributed by atoms with Gasteiger partial charge >= 0.3 is 0 Å². The van der Waals surface area contributed by atoms with E-state index in [1.54, 1.807) is 6.20 Å². The van der Waals surface area contributed by atoms with Gasteiger partial charge in [-0.2, -0.15) is 0 Å². The number of benzene rings is 1. The van der Waals surface area contributed by atoms with Crippen LogP contribution in [-0.2, 0) is 11.3 Å². The van der Waals surface area contributed by atoms with Crippen molar-refractivity contribution in [2.75, 3.05) is 13.1 Å². The molecular formula is C18H22N2O2. The Kier molecular flexibility index (Phi) is 4.01. The maximum atomic E-state index is 12.6. The molecule has 0 saturated carbocycles. The van der Waals surface area contributed by atoms with Crippen molar-refractivity contribution in [2.24, 2.45) is 11.8 Å². The van der Waals surface area contributed by atoms with E-state index in [9.17, 15) is 9.59 Å². The zero-order valence-electron chi connectivity index (χ0n) is 13.2. The third-order valence-corrected chi connectivity index (χ3v) is 4.47. The smallest absolute Gasteiger partial charge is 0.242 e. The Balaban J connectivity index is 1.84. The van der Waals surface area contributed by atoms with Gasteiger partial charge in [0, 0.05) is 35.8 Å². The van der Waals surface area contributed by atoms with Crippen LogP contribution in [0.15, 0.2) is 30.5 Å². The first-order valence-electron chi connectivity index (χ1n) is 7.89. The van der Waals surface area contributed by atoms with Gasteiger partial charge in [-0.25, -0.2) is 0 Å². The van der Waals surface area contributed by atoms with Gasteiger partial charge in [-0.15, -0.1) is 0 Å². The maximum Gasteiger partial charge on any atom is 0.242 e. The molecule has 0 spiro atoms. The molecule has 1 aliphatic rings. The summed E-state index contributed by atoms with van der Waals surface area (Å²) in [6.45, 7) is 6.37. The molecule has 0 unspecified atom stereocenters. The lowest BCUT2D eigenvalue weighted by Crippen LogP contribution is -2.43. The molecular weight excluding hydrogens is 276 g/mol. The zero-order valence-corrected chi connectivity index (χ0v) is 13.2. The van der Waals surface area contributed by atoms with E-state index in [1.165, 1.54) is 6.42 Å². The van der Waals surface area contributed by atoms with Crippen LogP contribution in [0.2, 0.25) is 0 Å². The lowest BCUT2D eigenvalue weighted by atomic mass is 9.92. The Labute approximate surface area is 130 Å². The maximum absolute atomic E-state index is 12.6. The molecule has 4 nitrogen and oxygen atoms in total. The molecule has 1 fully saturated rings. The highest BCUT2D eigenvalue weighted by Gasteiger charge is 2.25. The molecule has 2 aromatic rings. The lowest BCUT2D eigenvalue weighted by Gasteiger charge is -2.35. The highest BCUT2D eigenvalue weighted by Crippen LogP contribution is 2.23. The van der Waals surface area contributed by atoms with Crippen molar-refractivity contribution < 1.29 is 9.59 Å². The summed E-state index contributed by atoms with van der Waals surface area (Å²) in [6, 6.07) is 7.72. The van der Waals surface area contributed by atoms with Gasteiger partial charge in [0.25, 0.3) is 0 Å². The summed E-state index contributed by atoms with van der Waals surface area (Å²) in [5, 5.41) is 0.908. The number of carbonyl (C=O) groups excluding carboxylic acids is 2. The van der Waals surface area contributed by atoms with Crippen molar-refractivity contribution in [3.05, 3.63) is 36.0 Å². The number of para-hydroxylation sites is 1. The molecule has 4 heteroatoms. The predicted octanol–water partition coefficient (Wildman–Crippen LogP) is 2.96. The largest absolute Gasteiger partial charge is 0.341 e. The van der Waals surface area contributed by atoms with Crippen molar-refractivity contribution in [3.63, 3.8) is 0 Å². The second-order valence-corrected chi connectivity index (χ2v) is 6.59. The number of hydrogen-bond acceptors (Lipinski definition) is 2. The standard InChI is InChI=1S/C18H22N2O2/c1-13-7-14(2)9-20(8-13)18(22)11-19-10-15(12-21)16-5-3-4-6-17(16)19/h3-6,10,12-14H,7-9,11H2,1-2H3/t13-,14-/m1/s1. The number of amides is 1. The van der Waals surface area contributed by atoms with Crippen LogP contribution in [0.25, 0.3) is 10.9 Å². The first-order chi connectivity index (χ1) is 10.6. The molecule has 1 aromatic heterocycles. The first-order valence-corrected chi connectivity index (χ1v) is 7.89. The lowest BCUT2D eigenvalue weighted by molar-refractivity contribution is -0.134. The molecule has 1 saturated heterocycles. The van der Waals surface area contributed by atoms with E-state index in [4.69, 9.17) is 0 Å². The monoisotopic (exact) mass is 298 g/mol. The van der Waals surface area contributed by atoms with Crippen molar-refractivity contribution in [2.45, 2.75) is 26.8 Å². The van der Waals surface area contributed by atoms with Gasteiger partial charge in [-0.3, -0.25) is 9.59 Å². The van der Waals surface area contributed by atoms with E-state index in [1.807, 2.05) is 33.7 Å². The van der Waals surface area contributed by atoms with Gasteiger partial charge in [0.05, 0.1) is 0 Å². The van der Waals surface area contributed by atoms with Gasteiger partial charge in [0.15, 0.2) is 6.29 Å². The number of nitrogens with zero attached hydrogens (tertiary/aromatic N) is 2. The Morgan fingerprint density at radius 1 is 1.23 bits per heavy atom. The second-order valence-electron chi connectivity index (χ2n) is 6.59. The summed E-state index contributed by atoms with van der Waals surface area (Å²) >= 11 is 0. The highest BCUT2D eigenvalue weighted by molar-refractivity contribution is 5.98. The quantitative estimate of drug-likeness (QED) is 0.818. The zero-order chi connectivity index (χ0) is 15.7. The number of piperidine rings is 1. The SMILES string of the molecule is C[C@@H]1C[C@@H](C)CN(C(=O)Cn2cc(C=O)c3ccccc32)C1. The number of aromatic nitrogens is 1. The first kappa shape index (κ1) is 14.8. The van der Waals surface area contributed by atoms with Crippen molar-refractivity contribution in [3.8, 4) is 0 Å². The predicted molar refractivity (Wildman–Crippen MR) is 86.9 cm³/mol. The molecule has 116 valence electrons. The van der Waals surface area contributed by atoms with Gasteiger partial charge in [0.2, 0.25) is 5.91 Å². The number of hydrogen-bond donors (Lipinski definition) is 0. The molecule has 0 aliphatic carbocycles. The summed E-state index contributed by atoms with van der Waals surface area (Å²) in [7, 11) is 0. The van der Waals surface area contributed by atoms with Crippen LogP contribution in [0.4, 0.5) is 0 Å². The number of aldehydes is 1. The normalized spacial score (nSPS) is 22.0. The summed E-state index contributed by atoms with van der Waals surface area (Å²) in [6.07, 6.45) is 3.83. The van der Waals surface area contributed by atoms with E-state index >= 15 is 0 Å². The topological polar surface area (TPSA) is 42.3 Å². The molecule has 0 bridgehead atoms. The Morgan fingerprint density at radius 3 is 2.59 bits per heavy atom. The third-order valence-electron chi connectivity index (χ3n) is 4.47. The minimum Gasteiger partial charge on any atom is -0.341 e. The van der Waals surface area contributed by atoms with Crippen molar-refractivity contribution in [1.29, 1.82) is 0 Å². The Morgan fingerprint density at radius 2 is 1.91 bits per heavy atom. The summed E-state index contributed by atoms with van der Waals surface area (Å²) in [5.74, 6) is 1.25. The fourth-order valence-corrected chi connectivity index (χ4v) is 3.61. The van der Waals surface area contributed by atoms with E-state index in [0.29, 0.717) is 23.9 Å². The Hall–Kier alpha value is -2.10. The molecule has 2 atom stereocenters. The van der Waals surface area contributed by atoms with Crippen molar-refractivity contribution in [1.82, 2.24) is 9.47 Å². The molecule has 0 N–H and O–H groups in total. The minimum atomic E-state index is 0.136. The van der Waals surface area contributed by atoms with Gasteiger partial charge in [-0.1, -0.05) is 32.0 Å². The van der Waals surface area contributed by atoms with E-state index in [2.05, 4.69) is 13.8 Å². The minimum absolute atomic E-state index is 0.136. The third kappa shape index (κ3) is 2.78. The van der Waals surface area contributed by atoms with Crippen molar-refractivity contribution >= 4 is 23.1 Å². The molecule has 3 rings (SSSR count). The molecule has 1 aliphatic heterocycles. The van der Waals surface area contributed by atoms with E-state index in [0.717, 1.165) is 30.3 Å². The summed E-state index contributed by atoms with van der Waals surface area (Å²) < 4.78 is 1.89. The molecule has 1 aromatic carbocycles. The highest BCUT2D eigenvalue weighted by atomic mass is 16.2. The molecule has 2 heterocycles. The van der Waals surface area contributed by atoms with Gasteiger partial charge in [-0.05, 0) is 24.3 Å². The Bertz CT molecular complexity index is 694. The van der Waals surface area contributed by atoms with E-state index < -0.39 is 0 Å².